The largest absolute Gasteiger partial charge is 0.465 e. The molecule has 28 heavy (non-hydrogen) atoms. The Bertz CT molecular complexity index is 1020. The first kappa shape index (κ1) is 18.2. The average Bonchev–Trinajstić information content (AvgIpc) is 3.22. The van der Waals surface area contributed by atoms with Crippen molar-refractivity contribution in [2.45, 2.75) is 19.4 Å². The van der Waals surface area contributed by atoms with Crippen LogP contribution in [-0.2, 0) is 16.1 Å². The van der Waals surface area contributed by atoms with Crippen LogP contribution in [0.3, 0.4) is 0 Å². The first-order valence-electron chi connectivity index (χ1n) is 9.49. The highest BCUT2D eigenvalue weighted by Gasteiger charge is 2.23. The number of carbonyl (C=O) groups is 1. The summed E-state index contributed by atoms with van der Waals surface area (Å²) >= 11 is 0. The van der Waals surface area contributed by atoms with Crippen molar-refractivity contribution in [2.75, 3.05) is 24.6 Å². The van der Waals surface area contributed by atoms with Gasteiger partial charge in [0.1, 0.15) is 5.52 Å². The lowest BCUT2D eigenvalue weighted by atomic mass is 10.1. The van der Waals surface area contributed by atoms with Crippen LogP contribution >= 0.6 is 0 Å². The molecule has 0 radical (unpaired) electrons. The number of rotatable bonds is 6. The maximum absolute atomic E-state index is 12.4. The van der Waals surface area contributed by atoms with Crippen LogP contribution in [0.5, 0.6) is 0 Å². The van der Waals surface area contributed by atoms with Gasteiger partial charge in [-0.05, 0) is 30.7 Å². The lowest BCUT2D eigenvalue weighted by Gasteiger charge is -2.18. The summed E-state index contributed by atoms with van der Waals surface area (Å²) < 4.78 is 6.65. The topological polar surface area (TPSA) is 77.3 Å². The third-order valence-corrected chi connectivity index (χ3v) is 5.04. The molecule has 0 spiro atoms. The maximum atomic E-state index is 12.4. The van der Waals surface area contributed by atoms with Crippen molar-refractivity contribution >= 4 is 22.6 Å². The second kappa shape index (κ2) is 8.21. The van der Waals surface area contributed by atoms with E-state index < -0.39 is 0 Å². The summed E-state index contributed by atoms with van der Waals surface area (Å²) in [7, 11) is 0. The molecule has 1 aliphatic heterocycles. The quantitative estimate of drug-likeness (QED) is 0.613. The predicted octanol–water partition coefficient (Wildman–Crippen LogP) is 2.25. The molecule has 7 heteroatoms. The number of aryl methyl sites for hydroxylation is 1. The Labute approximate surface area is 162 Å². The number of aromatic nitrogens is 3. The summed E-state index contributed by atoms with van der Waals surface area (Å²) in [6.07, 6.45) is 1.10. The monoisotopic (exact) mass is 378 g/mol. The average molecular weight is 378 g/mol. The molecule has 0 bridgehead atoms. The van der Waals surface area contributed by atoms with E-state index in [9.17, 15) is 9.59 Å². The van der Waals surface area contributed by atoms with Crippen LogP contribution < -0.4 is 10.5 Å². The van der Waals surface area contributed by atoms with E-state index >= 15 is 0 Å². The number of para-hydroxylation sites is 1. The number of esters is 1. The van der Waals surface area contributed by atoms with Crippen LogP contribution in [0.4, 0.5) is 5.69 Å². The molecule has 0 amide bonds. The number of hydrogen-bond acceptors (Lipinski definition) is 6. The lowest BCUT2D eigenvalue weighted by molar-refractivity contribution is -0.145. The minimum absolute atomic E-state index is 0.0993. The van der Waals surface area contributed by atoms with E-state index in [0.29, 0.717) is 23.4 Å². The summed E-state index contributed by atoms with van der Waals surface area (Å²) in [4.78, 5) is 26.8. The molecule has 1 saturated heterocycles. The van der Waals surface area contributed by atoms with E-state index in [4.69, 9.17) is 4.74 Å². The van der Waals surface area contributed by atoms with Gasteiger partial charge in [0.05, 0.1) is 25.0 Å². The molecule has 0 saturated carbocycles. The molecule has 1 aromatic heterocycles. The maximum Gasteiger partial charge on any atom is 0.307 e. The van der Waals surface area contributed by atoms with E-state index in [-0.39, 0.29) is 24.5 Å². The molecule has 1 fully saturated rings. The van der Waals surface area contributed by atoms with Crippen molar-refractivity contribution in [3.8, 4) is 0 Å². The number of hydrogen-bond donors (Lipinski definition) is 0. The number of carbonyl (C=O) groups excluding carboxylic acids is 1. The summed E-state index contributed by atoms with van der Waals surface area (Å²) in [5.74, 6) is 0.00681. The van der Waals surface area contributed by atoms with Gasteiger partial charge in [0.15, 0.2) is 0 Å². The number of benzene rings is 2. The fourth-order valence-electron chi connectivity index (χ4n) is 3.49. The van der Waals surface area contributed by atoms with Crippen LogP contribution in [0.25, 0.3) is 10.9 Å². The standard InChI is InChI=1S/C21H22N4O3/c26-20(11-13-25-21(27)18-8-4-5-9-19(18)22-23-25)28-15-16-10-12-24(14-16)17-6-2-1-3-7-17/h1-9,16H,10-15H2. The van der Waals surface area contributed by atoms with Gasteiger partial charge in [0.25, 0.3) is 5.56 Å². The summed E-state index contributed by atoms with van der Waals surface area (Å²) in [6.45, 7) is 2.41. The first-order valence-corrected chi connectivity index (χ1v) is 9.49. The van der Waals surface area contributed by atoms with Gasteiger partial charge in [-0.15, -0.1) is 5.10 Å². The minimum Gasteiger partial charge on any atom is -0.465 e. The van der Waals surface area contributed by atoms with Crippen LogP contribution in [-0.4, -0.2) is 40.7 Å². The predicted molar refractivity (Wildman–Crippen MR) is 106 cm³/mol. The van der Waals surface area contributed by atoms with Gasteiger partial charge in [-0.25, -0.2) is 4.68 Å². The highest BCUT2D eigenvalue weighted by molar-refractivity contribution is 5.76. The molecule has 1 atom stereocenters. The Kier molecular flexibility index (Phi) is 5.32. The highest BCUT2D eigenvalue weighted by Crippen LogP contribution is 2.23. The fourth-order valence-corrected chi connectivity index (χ4v) is 3.49. The highest BCUT2D eigenvalue weighted by atomic mass is 16.5. The lowest BCUT2D eigenvalue weighted by Crippen LogP contribution is -2.26. The summed E-state index contributed by atoms with van der Waals surface area (Å²) in [5, 5.41) is 8.42. The Hall–Kier alpha value is -3.22. The molecule has 2 heterocycles. The number of anilines is 1. The van der Waals surface area contributed by atoms with Crippen LogP contribution in [0.15, 0.2) is 59.4 Å². The third-order valence-electron chi connectivity index (χ3n) is 5.04. The van der Waals surface area contributed by atoms with Gasteiger partial charge in [-0.3, -0.25) is 9.59 Å². The second-order valence-corrected chi connectivity index (χ2v) is 7.00. The zero-order valence-corrected chi connectivity index (χ0v) is 15.5. The SMILES string of the molecule is O=C(CCn1nnc2ccccc2c1=O)OCC1CCN(c2ccccc2)C1. The van der Waals surface area contributed by atoms with Crippen molar-refractivity contribution in [3.05, 3.63) is 65.0 Å². The van der Waals surface area contributed by atoms with E-state index in [1.165, 1.54) is 10.4 Å². The molecular weight excluding hydrogens is 356 g/mol. The molecular formula is C21H22N4O3. The normalized spacial score (nSPS) is 16.4. The molecule has 2 aromatic carbocycles. The molecule has 4 rings (SSSR count). The number of fused-ring (bicyclic) bond motifs is 1. The zero-order chi connectivity index (χ0) is 19.3. The van der Waals surface area contributed by atoms with Gasteiger partial charge in [-0.2, -0.15) is 0 Å². The van der Waals surface area contributed by atoms with Crippen molar-refractivity contribution in [2.24, 2.45) is 5.92 Å². The summed E-state index contributed by atoms with van der Waals surface area (Å²) in [5.41, 5.74) is 1.51. The van der Waals surface area contributed by atoms with Gasteiger partial charge in [-0.1, -0.05) is 35.5 Å². The molecule has 7 nitrogen and oxygen atoms in total. The number of nitrogens with zero attached hydrogens (tertiary/aromatic N) is 4. The molecule has 144 valence electrons. The van der Waals surface area contributed by atoms with Gasteiger partial charge >= 0.3 is 5.97 Å². The van der Waals surface area contributed by atoms with E-state index in [2.05, 4.69) is 27.3 Å². The second-order valence-electron chi connectivity index (χ2n) is 7.00. The van der Waals surface area contributed by atoms with Crippen molar-refractivity contribution < 1.29 is 9.53 Å². The van der Waals surface area contributed by atoms with E-state index in [1.54, 1.807) is 24.3 Å². The van der Waals surface area contributed by atoms with E-state index in [0.717, 1.165) is 19.5 Å². The first-order chi connectivity index (χ1) is 13.7. The molecule has 0 aliphatic carbocycles. The Balaban J connectivity index is 1.27. The van der Waals surface area contributed by atoms with Crippen LogP contribution in [0.2, 0.25) is 0 Å². The number of ether oxygens (including phenoxy) is 1. The summed E-state index contributed by atoms with van der Waals surface area (Å²) in [6, 6.07) is 17.3. The van der Waals surface area contributed by atoms with Crippen LogP contribution in [0.1, 0.15) is 12.8 Å². The van der Waals surface area contributed by atoms with Gasteiger partial charge in [0, 0.05) is 24.7 Å². The zero-order valence-electron chi connectivity index (χ0n) is 15.5. The van der Waals surface area contributed by atoms with Crippen molar-refractivity contribution in [3.63, 3.8) is 0 Å². The fraction of sp³-hybridized carbons (Fsp3) is 0.333. The Morgan fingerprint density at radius 2 is 1.89 bits per heavy atom. The molecule has 1 aliphatic rings. The van der Waals surface area contributed by atoms with Gasteiger partial charge in [0.2, 0.25) is 0 Å². The third kappa shape index (κ3) is 4.03. The smallest absolute Gasteiger partial charge is 0.307 e. The Morgan fingerprint density at radius 3 is 2.75 bits per heavy atom. The van der Waals surface area contributed by atoms with Crippen molar-refractivity contribution in [1.82, 2.24) is 15.0 Å². The minimum atomic E-state index is -0.319. The van der Waals surface area contributed by atoms with E-state index in [1.807, 2.05) is 18.2 Å². The molecule has 1 unspecified atom stereocenters. The van der Waals surface area contributed by atoms with Gasteiger partial charge < -0.3 is 9.64 Å². The molecule has 3 aromatic rings. The Morgan fingerprint density at radius 1 is 1.11 bits per heavy atom. The van der Waals surface area contributed by atoms with Crippen molar-refractivity contribution in [1.29, 1.82) is 0 Å². The molecule has 0 N–H and O–H groups in total. The van der Waals surface area contributed by atoms with Crippen LogP contribution in [0, 0.1) is 5.92 Å².